The zero-order valence-corrected chi connectivity index (χ0v) is 14.0. The molecular formula is C11H11BrIN5O2. The monoisotopic (exact) mass is 451 g/mol. The van der Waals surface area contributed by atoms with Gasteiger partial charge < -0.3 is 15.7 Å². The molecule has 1 fully saturated rings. The molecule has 1 saturated heterocycles. The second kappa shape index (κ2) is 5.02. The number of anilines is 1. The van der Waals surface area contributed by atoms with Gasteiger partial charge in [0.15, 0.2) is 0 Å². The zero-order valence-electron chi connectivity index (χ0n) is 10.3. The summed E-state index contributed by atoms with van der Waals surface area (Å²) in [6, 6.07) is 0.0233. The molecule has 0 aliphatic carbocycles. The maximum absolute atomic E-state index is 11.0. The maximum atomic E-state index is 11.0. The predicted molar refractivity (Wildman–Crippen MR) is 85.6 cm³/mol. The Morgan fingerprint density at radius 3 is 3.00 bits per heavy atom. The van der Waals surface area contributed by atoms with Gasteiger partial charge in [0.1, 0.15) is 9.52 Å². The standard InChI is InChI=1S/C11H11BrIN5O2/c12-6-3-15-10(14)7-8(6)18(16-9(7)13)5-1-2-17(4-5)11(19)20/h3,5H,1-2,4H2,(H2,14,15)(H,19,20)/t5-/m0/s1. The predicted octanol–water partition coefficient (Wildman–Crippen LogP) is 2.31. The molecule has 1 aliphatic heterocycles. The van der Waals surface area contributed by atoms with Gasteiger partial charge in [-0.25, -0.2) is 9.78 Å². The fourth-order valence-electron chi connectivity index (χ4n) is 2.49. The van der Waals surface area contributed by atoms with Gasteiger partial charge in [-0.3, -0.25) is 4.68 Å². The summed E-state index contributed by atoms with van der Waals surface area (Å²) in [5.74, 6) is 0.437. The van der Waals surface area contributed by atoms with E-state index < -0.39 is 6.09 Å². The van der Waals surface area contributed by atoms with Crippen LogP contribution < -0.4 is 5.73 Å². The van der Waals surface area contributed by atoms with Crippen LogP contribution in [0.4, 0.5) is 10.6 Å². The summed E-state index contributed by atoms with van der Waals surface area (Å²) in [4.78, 5) is 16.5. The first kappa shape index (κ1) is 13.9. The molecule has 2 aromatic heterocycles. The lowest BCUT2D eigenvalue weighted by Crippen LogP contribution is -2.27. The molecule has 0 bridgehead atoms. The molecule has 3 N–H and O–H groups in total. The Kier molecular flexibility index (Phi) is 3.48. The molecule has 0 aromatic carbocycles. The number of nitrogens with zero attached hydrogens (tertiary/aromatic N) is 4. The molecule has 3 rings (SSSR count). The summed E-state index contributed by atoms with van der Waals surface area (Å²) < 4.78 is 3.45. The third kappa shape index (κ3) is 2.12. The molecule has 1 amide bonds. The number of hydrogen-bond acceptors (Lipinski definition) is 4. The van der Waals surface area contributed by atoms with Gasteiger partial charge in [-0.2, -0.15) is 5.10 Å². The number of fused-ring (bicyclic) bond motifs is 1. The highest BCUT2D eigenvalue weighted by Crippen LogP contribution is 2.34. The van der Waals surface area contributed by atoms with Crippen molar-refractivity contribution in [2.24, 2.45) is 0 Å². The highest BCUT2D eigenvalue weighted by molar-refractivity contribution is 14.1. The number of pyridine rings is 1. The summed E-state index contributed by atoms with van der Waals surface area (Å²) in [6.07, 6.45) is 1.50. The maximum Gasteiger partial charge on any atom is 0.407 e. The van der Waals surface area contributed by atoms with Gasteiger partial charge in [0.05, 0.1) is 21.4 Å². The SMILES string of the molecule is Nc1ncc(Br)c2c1c(I)nn2[C@H]1CCN(C(=O)O)C1. The third-order valence-corrected chi connectivity index (χ3v) is 4.78. The largest absolute Gasteiger partial charge is 0.465 e. The highest BCUT2D eigenvalue weighted by Gasteiger charge is 2.30. The van der Waals surface area contributed by atoms with Crippen molar-refractivity contribution in [1.82, 2.24) is 19.7 Å². The quantitative estimate of drug-likeness (QED) is 0.648. The van der Waals surface area contributed by atoms with Gasteiger partial charge in [-0.15, -0.1) is 0 Å². The lowest BCUT2D eigenvalue weighted by Gasteiger charge is -2.14. The summed E-state index contributed by atoms with van der Waals surface area (Å²) in [5.41, 5.74) is 6.79. The summed E-state index contributed by atoms with van der Waals surface area (Å²) in [5, 5.41) is 14.4. The van der Waals surface area contributed by atoms with Gasteiger partial charge in [0.25, 0.3) is 0 Å². The molecule has 1 atom stereocenters. The van der Waals surface area contributed by atoms with Crippen molar-refractivity contribution in [1.29, 1.82) is 0 Å². The topological polar surface area (TPSA) is 97.3 Å². The molecule has 106 valence electrons. The van der Waals surface area contributed by atoms with Crippen molar-refractivity contribution >= 4 is 61.3 Å². The van der Waals surface area contributed by atoms with Gasteiger partial charge in [-0.1, -0.05) is 0 Å². The number of rotatable bonds is 1. The smallest absolute Gasteiger partial charge is 0.407 e. The summed E-state index contributed by atoms with van der Waals surface area (Å²) in [7, 11) is 0. The minimum Gasteiger partial charge on any atom is -0.465 e. The van der Waals surface area contributed by atoms with Crippen LogP contribution in [-0.4, -0.2) is 44.0 Å². The number of nitrogens with two attached hydrogens (primary N) is 1. The van der Waals surface area contributed by atoms with Crippen molar-refractivity contribution in [3.63, 3.8) is 0 Å². The minimum atomic E-state index is -0.890. The van der Waals surface area contributed by atoms with Crippen LogP contribution in [0.5, 0.6) is 0 Å². The van der Waals surface area contributed by atoms with Crippen molar-refractivity contribution in [2.75, 3.05) is 18.8 Å². The molecule has 0 radical (unpaired) electrons. The van der Waals surface area contributed by atoms with Crippen LogP contribution in [0.3, 0.4) is 0 Å². The average molecular weight is 452 g/mol. The third-order valence-electron chi connectivity index (χ3n) is 3.45. The number of nitrogen functional groups attached to an aromatic ring is 1. The first-order chi connectivity index (χ1) is 9.49. The number of halogens is 2. The molecule has 7 nitrogen and oxygen atoms in total. The number of hydrogen-bond donors (Lipinski definition) is 2. The Morgan fingerprint density at radius 1 is 1.60 bits per heavy atom. The molecule has 20 heavy (non-hydrogen) atoms. The first-order valence-electron chi connectivity index (χ1n) is 5.94. The first-order valence-corrected chi connectivity index (χ1v) is 7.81. The van der Waals surface area contributed by atoms with E-state index in [1.165, 1.54) is 4.90 Å². The Hall–Kier alpha value is -1.10. The van der Waals surface area contributed by atoms with E-state index >= 15 is 0 Å². The highest BCUT2D eigenvalue weighted by atomic mass is 127. The Morgan fingerprint density at radius 2 is 2.35 bits per heavy atom. The molecule has 3 heterocycles. The van der Waals surface area contributed by atoms with E-state index in [2.05, 4.69) is 48.6 Å². The molecule has 2 aromatic rings. The van der Waals surface area contributed by atoms with Crippen LogP contribution in [0.2, 0.25) is 0 Å². The van der Waals surface area contributed by atoms with E-state index in [0.717, 1.165) is 25.5 Å². The van der Waals surface area contributed by atoms with Gasteiger partial charge in [0.2, 0.25) is 0 Å². The number of amides is 1. The van der Waals surface area contributed by atoms with Crippen LogP contribution >= 0.6 is 38.5 Å². The van der Waals surface area contributed by atoms with Crippen LogP contribution in [0, 0.1) is 3.70 Å². The molecule has 0 spiro atoms. The lowest BCUT2D eigenvalue weighted by atomic mass is 10.2. The van der Waals surface area contributed by atoms with Gasteiger partial charge in [-0.05, 0) is 44.9 Å². The Bertz CT molecular complexity index is 704. The molecule has 0 unspecified atom stereocenters. The van der Waals surface area contributed by atoms with E-state index in [4.69, 9.17) is 10.8 Å². The normalized spacial score (nSPS) is 18.9. The van der Waals surface area contributed by atoms with Crippen molar-refractivity contribution in [3.05, 3.63) is 14.4 Å². The molecule has 9 heteroatoms. The Balaban J connectivity index is 2.09. The fourth-order valence-corrected chi connectivity index (χ4v) is 3.74. The van der Waals surface area contributed by atoms with Crippen LogP contribution in [0.25, 0.3) is 10.9 Å². The van der Waals surface area contributed by atoms with Gasteiger partial charge >= 0.3 is 6.09 Å². The minimum absolute atomic E-state index is 0.0233. The number of carbonyl (C=O) groups is 1. The van der Waals surface area contributed by atoms with E-state index in [-0.39, 0.29) is 6.04 Å². The Labute approximate surface area is 136 Å². The molecule has 0 saturated carbocycles. The van der Waals surface area contributed by atoms with Crippen molar-refractivity contribution < 1.29 is 9.90 Å². The second-order valence-corrected chi connectivity index (χ2v) is 6.50. The summed E-state index contributed by atoms with van der Waals surface area (Å²) in [6.45, 7) is 0.965. The van der Waals surface area contributed by atoms with Crippen LogP contribution in [0.1, 0.15) is 12.5 Å². The lowest BCUT2D eigenvalue weighted by molar-refractivity contribution is 0.154. The van der Waals surface area contributed by atoms with Crippen LogP contribution in [0.15, 0.2) is 10.7 Å². The zero-order chi connectivity index (χ0) is 14.4. The fraction of sp³-hybridized carbons (Fsp3) is 0.364. The second-order valence-electron chi connectivity index (χ2n) is 4.62. The van der Waals surface area contributed by atoms with Crippen molar-refractivity contribution in [2.45, 2.75) is 12.5 Å². The van der Waals surface area contributed by atoms with E-state index in [1.54, 1.807) is 6.20 Å². The average Bonchev–Trinajstić information content (AvgIpc) is 2.99. The number of likely N-dealkylation sites (tertiary alicyclic amines) is 1. The van der Waals surface area contributed by atoms with Gasteiger partial charge in [0, 0.05) is 19.3 Å². The summed E-state index contributed by atoms with van der Waals surface area (Å²) >= 11 is 5.60. The molecular weight excluding hydrogens is 441 g/mol. The number of carboxylic acid groups (broad SMARTS) is 1. The number of aromatic nitrogens is 3. The van der Waals surface area contributed by atoms with E-state index in [1.807, 2.05) is 4.68 Å². The van der Waals surface area contributed by atoms with E-state index in [0.29, 0.717) is 18.9 Å². The molecule has 1 aliphatic rings. The van der Waals surface area contributed by atoms with E-state index in [9.17, 15) is 4.79 Å². The van der Waals surface area contributed by atoms with Crippen molar-refractivity contribution in [3.8, 4) is 0 Å². The van der Waals surface area contributed by atoms with Crippen LogP contribution in [-0.2, 0) is 0 Å².